The van der Waals surface area contributed by atoms with Gasteiger partial charge in [-0.15, -0.1) is 6.58 Å². The summed E-state index contributed by atoms with van der Waals surface area (Å²) in [5.41, 5.74) is 0.866. The van der Waals surface area contributed by atoms with Crippen LogP contribution < -0.4 is 24.8 Å². The summed E-state index contributed by atoms with van der Waals surface area (Å²) in [4.78, 5) is 20.3. The minimum atomic E-state index is -0.310. The van der Waals surface area contributed by atoms with Crippen molar-refractivity contribution >= 4 is 17.5 Å². The molecule has 1 aromatic heterocycles. The summed E-state index contributed by atoms with van der Waals surface area (Å²) in [7, 11) is 4.59. The van der Waals surface area contributed by atoms with Gasteiger partial charge in [0.2, 0.25) is 11.7 Å². The lowest BCUT2D eigenvalue weighted by Gasteiger charge is -2.14. The molecule has 2 aromatic rings. The molecule has 1 aromatic carbocycles. The second-order valence-corrected chi connectivity index (χ2v) is 4.80. The Morgan fingerprint density at radius 1 is 1.20 bits per heavy atom. The Hall–Kier alpha value is -3.29. The number of benzene rings is 1. The largest absolute Gasteiger partial charge is 0.493 e. The van der Waals surface area contributed by atoms with Gasteiger partial charge in [0.15, 0.2) is 11.5 Å². The molecule has 2 rings (SSSR count). The number of nitrogens with zero attached hydrogens (tertiary/aromatic N) is 2. The SMILES string of the molecule is C=CCNC(=O)c1ccnc(Nc2cc(OC)c(OC)c(OC)c2)n1. The quantitative estimate of drug-likeness (QED) is 0.709. The van der Waals surface area contributed by atoms with E-state index in [1.165, 1.54) is 33.6 Å². The van der Waals surface area contributed by atoms with Crippen LogP contribution in [-0.4, -0.2) is 43.7 Å². The third-order valence-corrected chi connectivity index (χ3v) is 3.22. The Labute approximate surface area is 145 Å². The lowest BCUT2D eigenvalue weighted by molar-refractivity contribution is 0.0953. The molecule has 0 aliphatic heterocycles. The van der Waals surface area contributed by atoms with Crippen molar-refractivity contribution in [2.45, 2.75) is 0 Å². The van der Waals surface area contributed by atoms with E-state index in [1.807, 2.05) is 0 Å². The first-order valence-electron chi connectivity index (χ1n) is 7.42. The van der Waals surface area contributed by atoms with Crippen LogP contribution in [0.5, 0.6) is 17.2 Å². The molecular weight excluding hydrogens is 324 g/mol. The van der Waals surface area contributed by atoms with Gasteiger partial charge in [0.25, 0.3) is 5.91 Å². The van der Waals surface area contributed by atoms with Crippen molar-refractivity contribution < 1.29 is 19.0 Å². The predicted octanol–water partition coefficient (Wildman–Crippen LogP) is 2.16. The topological polar surface area (TPSA) is 94.6 Å². The molecule has 25 heavy (non-hydrogen) atoms. The first kappa shape index (κ1) is 18.1. The second-order valence-electron chi connectivity index (χ2n) is 4.80. The Morgan fingerprint density at radius 3 is 2.44 bits per heavy atom. The van der Waals surface area contributed by atoms with Gasteiger partial charge in [-0.05, 0) is 6.07 Å². The van der Waals surface area contributed by atoms with Crippen molar-refractivity contribution in [1.82, 2.24) is 15.3 Å². The summed E-state index contributed by atoms with van der Waals surface area (Å²) < 4.78 is 15.9. The fourth-order valence-electron chi connectivity index (χ4n) is 2.08. The molecule has 0 unspecified atom stereocenters. The third-order valence-electron chi connectivity index (χ3n) is 3.22. The van der Waals surface area contributed by atoms with E-state index in [0.29, 0.717) is 29.5 Å². The van der Waals surface area contributed by atoms with E-state index >= 15 is 0 Å². The molecule has 0 aliphatic rings. The molecule has 8 heteroatoms. The highest BCUT2D eigenvalue weighted by Crippen LogP contribution is 2.40. The fraction of sp³-hybridized carbons (Fsp3) is 0.235. The molecule has 0 saturated heterocycles. The van der Waals surface area contributed by atoms with Crippen molar-refractivity contribution in [3.8, 4) is 17.2 Å². The molecule has 2 N–H and O–H groups in total. The van der Waals surface area contributed by atoms with Crippen molar-refractivity contribution in [2.24, 2.45) is 0 Å². The number of carbonyl (C=O) groups is 1. The smallest absolute Gasteiger partial charge is 0.270 e. The number of nitrogens with one attached hydrogen (secondary N) is 2. The summed E-state index contributed by atoms with van der Waals surface area (Å²) >= 11 is 0. The van der Waals surface area contributed by atoms with Crippen LogP contribution in [-0.2, 0) is 0 Å². The number of carbonyl (C=O) groups excluding carboxylic acids is 1. The normalized spacial score (nSPS) is 9.88. The summed E-state index contributed by atoms with van der Waals surface area (Å²) in [6.07, 6.45) is 3.09. The standard InChI is InChI=1S/C17H20N4O4/c1-5-7-18-16(22)12-6-8-19-17(21-12)20-11-9-13(23-2)15(25-4)14(10-11)24-3/h5-6,8-10H,1,7H2,2-4H3,(H,18,22)(H,19,20,21). The Bertz CT molecular complexity index is 739. The number of amides is 1. The van der Waals surface area contributed by atoms with Gasteiger partial charge < -0.3 is 24.8 Å². The summed E-state index contributed by atoms with van der Waals surface area (Å²) in [5.74, 6) is 1.42. The van der Waals surface area contributed by atoms with Crippen LogP contribution in [0.2, 0.25) is 0 Å². The maximum Gasteiger partial charge on any atom is 0.270 e. The Kier molecular flexibility index (Phi) is 6.16. The molecule has 1 amide bonds. The van der Waals surface area contributed by atoms with Crippen molar-refractivity contribution in [3.05, 3.63) is 42.7 Å². The van der Waals surface area contributed by atoms with Crippen LogP contribution >= 0.6 is 0 Å². The highest BCUT2D eigenvalue weighted by atomic mass is 16.5. The van der Waals surface area contributed by atoms with Crippen molar-refractivity contribution in [1.29, 1.82) is 0 Å². The molecule has 0 aliphatic carbocycles. The zero-order valence-corrected chi connectivity index (χ0v) is 14.3. The van der Waals surface area contributed by atoms with E-state index < -0.39 is 0 Å². The van der Waals surface area contributed by atoms with Gasteiger partial charge in [-0.1, -0.05) is 6.08 Å². The zero-order valence-electron chi connectivity index (χ0n) is 14.3. The molecule has 1 heterocycles. The van der Waals surface area contributed by atoms with Crippen LogP contribution in [0.1, 0.15) is 10.5 Å². The number of rotatable bonds is 8. The summed E-state index contributed by atoms with van der Waals surface area (Å²) in [6.45, 7) is 3.91. The first-order valence-corrected chi connectivity index (χ1v) is 7.42. The lowest BCUT2D eigenvalue weighted by Crippen LogP contribution is -2.24. The van der Waals surface area contributed by atoms with E-state index in [9.17, 15) is 4.79 Å². The summed E-state index contributed by atoms with van der Waals surface area (Å²) in [6, 6.07) is 4.96. The average molecular weight is 344 g/mol. The maximum atomic E-state index is 12.0. The van der Waals surface area contributed by atoms with Crippen LogP contribution in [0, 0.1) is 0 Å². The molecule has 0 saturated carbocycles. The van der Waals surface area contributed by atoms with E-state index in [2.05, 4.69) is 27.2 Å². The number of hydrogen-bond acceptors (Lipinski definition) is 7. The number of aromatic nitrogens is 2. The van der Waals surface area contributed by atoms with E-state index in [4.69, 9.17) is 14.2 Å². The van der Waals surface area contributed by atoms with Gasteiger partial charge in [-0.3, -0.25) is 4.79 Å². The van der Waals surface area contributed by atoms with Crippen LogP contribution in [0.4, 0.5) is 11.6 Å². The Balaban J connectivity index is 2.27. The number of ether oxygens (including phenoxy) is 3. The molecule has 8 nitrogen and oxygen atoms in total. The number of methoxy groups -OCH3 is 3. The van der Waals surface area contributed by atoms with Crippen LogP contribution in [0.15, 0.2) is 37.1 Å². The average Bonchev–Trinajstić information content (AvgIpc) is 2.65. The molecule has 0 spiro atoms. The molecule has 132 valence electrons. The van der Waals surface area contributed by atoms with Gasteiger partial charge in [0, 0.05) is 30.6 Å². The van der Waals surface area contributed by atoms with Crippen LogP contribution in [0.3, 0.4) is 0 Å². The van der Waals surface area contributed by atoms with Gasteiger partial charge >= 0.3 is 0 Å². The van der Waals surface area contributed by atoms with E-state index in [1.54, 1.807) is 18.2 Å². The Morgan fingerprint density at radius 2 is 1.88 bits per heavy atom. The molecule has 0 fully saturated rings. The number of hydrogen-bond donors (Lipinski definition) is 2. The van der Waals surface area contributed by atoms with Crippen molar-refractivity contribution in [2.75, 3.05) is 33.2 Å². The first-order chi connectivity index (χ1) is 12.1. The van der Waals surface area contributed by atoms with Crippen molar-refractivity contribution in [3.63, 3.8) is 0 Å². The van der Waals surface area contributed by atoms with Gasteiger partial charge in [-0.2, -0.15) is 0 Å². The van der Waals surface area contributed by atoms with Gasteiger partial charge in [0.1, 0.15) is 5.69 Å². The van der Waals surface area contributed by atoms with Gasteiger partial charge in [0.05, 0.1) is 21.3 Å². The maximum absolute atomic E-state index is 12.0. The second kappa shape index (κ2) is 8.53. The molecule has 0 bridgehead atoms. The minimum absolute atomic E-state index is 0.242. The highest BCUT2D eigenvalue weighted by molar-refractivity contribution is 5.92. The number of anilines is 2. The van der Waals surface area contributed by atoms with Crippen LogP contribution in [0.25, 0.3) is 0 Å². The fourth-order valence-corrected chi connectivity index (χ4v) is 2.08. The monoisotopic (exact) mass is 344 g/mol. The van der Waals surface area contributed by atoms with Gasteiger partial charge in [-0.25, -0.2) is 9.97 Å². The van der Waals surface area contributed by atoms with E-state index in [0.717, 1.165) is 0 Å². The molecule has 0 radical (unpaired) electrons. The minimum Gasteiger partial charge on any atom is -0.493 e. The zero-order chi connectivity index (χ0) is 18.2. The third kappa shape index (κ3) is 4.37. The molecule has 0 atom stereocenters. The highest BCUT2D eigenvalue weighted by Gasteiger charge is 2.14. The van der Waals surface area contributed by atoms with E-state index in [-0.39, 0.29) is 17.5 Å². The summed E-state index contributed by atoms with van der Waals surface area (Å²) in [5, 5.41) is 5.68. The predicted molar refractivity (Wildman–Crippen MR) is 93.9 cm³/mol. The molecular formula is C17H20N4O4. The lowest BCUT2D eigenvalue weighted by atomic mass is 10.2.